The Labute approximate surface area is 365 Å². The van der Waals surface area contributed by atoms with Crippen LogP contribution < -0.4 is 4.74 Å². The first kappa shape index (κ1) is 36.3. The first-order chi connectivity index (χ1) is 30.1. The van der Waals surface area contributed by atoms with E-state index in [1.807, 2.05) is 18.2 Å². The zero-order valence-corrected chi connectivity index (χ0v) is 35.5. The predicted molar refractivity (Wildman–Crippen MR) is 257 cm³/mol. The molecule has 0 N–H and O–H groups in total. The Morgan fingerprint density at radius 1 is 0.689 bits per heavy atom. The molecule has 0 radical (unpaired) electrons. The van der Waals surface area contributed by atoms with E-state index in [-0.39, 0.29) is 17.9 Å². The standard InChI is InChI=1S/C56H40IN3O/c1-35-30-31-40(49-27-15-28-50(57-49)55-59-53(36-16-4-2-5-17-36)58-54(60-55)37-18-6-3-7-19-37)33-43(35)42-23-14-26-47-52(42)61-51-29-13-12-25-46(51)56(47)45-24-11-10-22-41(45)44-32-38-20-8-9-21-39(38)34-48(44)56/h2-18,20-29,31-34,37,47,52H,1,19,30H2. The molecule has 4 aliphatic carbocycles. The van der Waals surface area contributed by atoms with E-state index in [9.17, 15) is 0 Å². The molecule has 1 spiro atoms. The van der Waals surface area contributed by atoms with Gasteiger partial charge in [0.25, 0.3) is 0 Å². The molecule has 3 heterocycles. The number of hydrogen-bond donors (Lipinski definition) is 0. The summed E-state index contributed by atoms with van der Waals surface area (Å²) in [7, 11) is 0. The fourth-order valence-corrected chi connectivity index (χ4v) is 12.8. The molecule has 4 unspecified atom stereocenters. The van der Waals surface area contributed by atoms with E-state index >= 15 is 0 Å². The van der Waals surface area contributed by atoms with Crippen LogP contribution in [0.2, 0.25) is 0 Å². The molecule has 0 saturated heterocycles. The van der Waals surface area contributed by atoms with Crippen molar-refractivity contribution in [2.24, 2.45) is 5.92 Å². The summed E-state index contributed by atoms with van der Waals surface area (Å²) in [5, 5.41) is 2.51. The topological polar surface area (TPSA) is 47.9 Å². The number of nitrogens with zero attached hydrogens (tertiary/aromatic N) is 3. The van der Waals surface area contributed by atoms with Gasteiger partial charge in [0.2, 0.25) is 0 Å². The van der Waals surface area contributed by atoms with Gasteiger partial charge in [0.15, 0.2) is 11.6 Å². The minimum absolute atomic E-state index is 0.00422. The third kappa shape index (κ3) is 5.85. The van der Waals surface area contributed by atoms with Crippen molar-refractivity contribution in [1.29, 1.82) is 0 Å². The zero-order valence-electron chi connectivity index (χ0n) is 33.4. The van der Waals surface area contributed by atoms with Gasteiger partial charge in [-0.3, -0.25) is 0 Å². The number of aromatic nitrogens is 3. The lowest BCUT2D eigenvalue weighted by Crippen LogP contribution is -2.49. The molecule has 12 rings (SSSR count). The molecular weight excluding hydrogens is 858 g/mol. The summed E-state index contributed by atoms with van der Waals surface area (Å²) >= 11 is -0.627. The van der Waals surface area contributed by atoms with Crippen LogP contribution in [0.1, 0.15) is 47.1 Å². The number of benzene rings is 5. The van der Waals surface area contributed by atoms with E-state index < -0.39 is 26.1 Å². The van der Waals surface area contributed by atoms with E-state index in [0.717, 1.165) is 47.2 Å². The number of allylic oxidation sites excluding steroid dienone is 14. The van der Waals surface area contributed by atoms with Crippen LogP contribution in [0.4, 0.5) is 0 Å². The molecule has 6 aromatic rings. The zero-order chi connectivity index (χ0) is 40.5. The van der Waals surface area contributed by atoms with Crippen molar-refractivity contribution in [3.8, 4) is 28.3 Å². The Balaban J connectivity index is 0.946. The van der Waals surface area contributed by atoms with Crippen molar-refractivity contribution in [3.63, 3.8) is 0 Å². The van der Waals surface area contributed by atoms with Crippen LogP contribution >= 0.6 is 20.7 Å². The van der Waals surface area contributed by atoms with Crippen molar-refractivity contribution in [2.75, 3.05) is 0 Å². The van der Waals surface area contributed by atoms with Gasteiger partial charge in [-0.15, -0.1) is 0 Å². The highest BCUT2D eigenvalue weighted by Gasteiger charge is 2.57. The molecular formula is C56H40IN3O. The van der Waals surface area contributed by atoms with Gasteiger partial charge >= 0.3 is 0 Å². The second kappa shape index (κ2) is 14.6. The second-order valence-electron chi connectivity index (χ2n) is 16.4. The molecule has 5 aromatic carbocycles. The number of para-hydroxylation sites is 1. The van der Waals surface area contributed by atoms with E-state index in [0.29, 0.717) is 0 Å². The average molecular weight is 898 g/mol. The third-order valence-corrected chi connectivity index (χ3v) is 16.0. The predicted octanol–water partition coefficient (Wildman–Crippen LogP) is 12.9. The summed E-state index contributed by atoms with van der Waals surface area (Å²) in [4.78, 5) is 15.3. The van der Waals surface area contributed by atoms with E-state index in [4.69, 9.17) is 19.7 Å². The molecule has 4 nitrogen and oxygen atoms in total. The first-order valence-corrected chi connectivity index (χ1v) is 23.2. The number of hydrogen-bond acceptors (Lipinski definition) is 4. The summed E-state index contributed by atoms with van der Waals surface area (Å²) in [5.74, 6) is 3.38. The number of rotatable bonds is 5. The highest BCUT2D eigenvalue weighted by atomic mass is 127. The van der Waals surface area contributed by atoms with Gasteiger partial charge in [0.05, 0.1) is 8.92 Å². The Bertz CT molecular complexity index is 3160. The van der Waals surface area contributed by atoms with Gasteiger partial charge in [0.1, 0.15) is 17.7 Å². The number of fused-ring (bicyclic) bond motifs is 10. The van der Waals surface area contributed by atoms with Crippen LogP contribution in [0.25, 0.3) is 33.3 Å². The van der Waals surface area contributed by atoms with Gasteiger partial charge in [-0.25, -0.2) is 15.0 Å². The van der Waals surface area contributed by atoms with Crippen molar-refractivity contribution >= 4 is 35.0 Å². The lowest BCUT2D eigenvalue weighted by atomic mass is 9.58. The molecule has 2 aliphatic heterocycles. The molecule has 0 bridgehead atoms. The summed E-state index contributed by atoms with van der Waals surface area (Å²) in [5.41, 5.74) is 11.8. The third-order valence-electron chi connectivity index (χ3n) is 13.0. The van der Waals surface area contributed by atoms with Crippen molar-refractivity contribution < 1.29 is 4.74 Å². The molecule has 0 amide bonds. The Hall–Kier alpha value is -6.57. The molecule has 0 saturated carbocycles. The number of halogens is 1. The normalized spacial score (nSPS) is 23.0. The largest absolute Gasteiger partial charge is 0.485 e. The Morgan fingerprint density at radius 2 is 1.48 bits per heavy atom. The molecule has 292 valence electrons. The van der Waals surface area contributed by atoms with E-state index in [1.54, 1.807) is 0 Å². The molecule has 5 heteroatoms. The summed E-state index contributed by atoms with van der Waals surface area (Å²) < 4.78 is 9.77. The maximum Gasteiger partial charge on any atom is 0.169 e. The van der Waals surface area contributed by atoms with E-state index in [2.05, 4.69) is 177 Å². The van der Waals surface area contributed by atoms with Crippen molar-refractivity contribution in [2.45, 2.75) is 30.3 Å². The second-order valence-corrected chi connectivity index (χ2v) is 19.2. The maximum atomic E-state index is 7.24. The molecule has 61 heavy (non-hydrogen) atoms. The lowest BCUT2D eigenvalue weighted by Gasteiger charge is -2.49. The average Bonchev–Trinajstić information content (AvgIpc) is 3.60. The van der Waals surface area contributed by atoms with Crippen LogP contribution in [0.5, 0.6) is 5.75 Å². The molecule has 1 aromatic heterocycles. The van der Waals surface area contributed by atoms with Crippen LogP contribution in [0, 0.1) is 5.92 Å². The highest BCUT2D eigenvalue weighted by Crippen LogP contribution is 2.63. The fraction of sp³-hybridized carbons (Fsp3) is 0.107. The summed E-state index contributed by atoms with van der Waals surface area (Å²) in [6, 6.07) is 41.7. The monoisotopic (exact) mass is 897 g/mol. The minimum Gasteiger partial charge on any atom is -0.485 e. The quantitative estimate of drug-likeness (QED) is 0.162. The minimum atomic E-state index is -0.627. The Morgan fingerprint density at radius 3 is 2.34 bits per heavy atom. The van der Waals surface area contributed by atoms with Gasteiger partial charge in [-0.2, -0.15) is 0 Å². The SMILES string of the molecule is C=C1CC=C(C2=CC=CC(c3nc(-c4ccccc4)nc(C4C=CC=CC4)n3)=I2)C=C1C1=CC=CC2C1Oc1ccccc1C21c2ccccc2-c2cc3ccccc3cc21. The van der Waals surface area contributed by atoms with Crippen LogP contribution in [-0.2, 0) is 5.41 Å². The summed E-state index contributed by atoms with van der Waals surface area (Å²) in [6.07, 6.45) is 28.3. The van der Waals surface area contributed by atoms with Gasteiger partial charge in [-0.1, -0.05) is 179 Å². The highest BCUT2D eigenvalue weighted by molar-refractivity contribution is 14.2. The smallest absolute Gasteiger partial charge is 0.169 e. The fourth-order valence-electron chi connectivity index (χ4n) is 10.2. The van der Waals surface area contributed by atoms with Crippen LogP contribution in [0.15, 0.2) is 221 Å². The van der Waals surface area contributed by atoms with E-state index in [1.165, 1.54) is 62.4 Å². The van der Waals surface area contributed by atoms with Crippen molar-refractivity contribution in [3.05, 3.63) is 249 Å². The van der Waals surface area contributed by atoms with Gasteiger partial charge in [0, 0.05) is 32.1 Å². The number of ether oxygens (including phenoxy) is 1. The van der Waals surface area contributed by atoms with Crippen LogP contribution in [0.3, 0.4) is 0 Å². The van der Waals surface area contributed by atoms with Gasteiger partial charge < -0.3 is 4.74 Å². The van der Waals surface area contributed by atoms with Gasteiger partial charge in [-0.05, 0) is 99.0 Å². The Kier molecular flexibility index (Phi) is 8.66. The maximum absolute atomic E-state index is 7.24. The van der Waals surface area contributed by atoms with Crippen LogP contribution in [-0.4, -0.2) is 24.6 Å². The first-order valence-electron chi connectivity index (χ1n) is 21.1. The van der Waals surface area contributed by atoms with Crippen molar-refractivity contribution in [1.82, 2.24) is 15.0 Å². The summed E-state index contributed by atoms with van der Waals surface area (Å²) in [6.45, 7) is 4.68. The molecule has 6 aliphatic rings. The molecule has 0 fully saturated rings. The molecule has 4 atom stereocenters. The lowest BCUT2D eigenvalue weighted by molar-refractivity contribution is 0.133.